The van der Waals surface area contributed by atoms with E-state index in [-0.39, 0.29) is 13.2 Å². The second-order valence-corrected chi connectivity index (χ2v) is 5.94. The fraction of sp³-hybridized carbons (Fsp3) is 0.250. The number of hydrogen-bond acceptors (Lipinski definition) is 3. The lowest BCUT2D eigenvalue weighted by Gasteiger charge is -2.34. The third kappa shape index (κ3) is 2.85. The Morgan fingerprint density at radius 2 is 1.79 bits per heavy atom. The van der Waals surface area contributed by atoms with Gasteiger partial charge in [0.25, 0.3) is 0 Å². The molecule has 0 saturated heterocycles. The molecule has 0 spiro atoms. The lowest BCUT2D eigenvalue weighted by Crippen LogP contribution is -2.34. The van der Waals surface area contributed by atoms with Crippen LogP contribution in [0.5, 0.6) is 5.75 Å². The number of nitrogens with one attached hydrogen (secondary N) is 1. The first kappa shape index (κ1) is 17.6. The molecule has 1 heterocycles. The van der Waals surface area contributed by atoms with E-state index < -0.39 is 5.60 Å². The topological polar surface area (TPSA) is 45.0 Å². The first-order valence-corrected chi connectivity index (χ1v) is 7.38. The van der Waals surface area contributed by atoms with Gasteiger partial charge in [-0.15, -0.1) is 0 Å². The highest BCUT2D eigenvalue weighted by Gasteiger charge is 2.35. The van der Waals surface area contributed by atoms with Crippen LogP contribution < -0.4 is 10.1 Å². The molecule has 24 heavy (non-hydrogen) atoms. The number of fused-ring (bicyclic) bond motifs is 1. The first-order valence-electron chi connectivity index (χ1n) is 7.38. The van der Waals surface area contributed by atoms with Gasteiger partial charge in [-0.1, -0.05) is 19.6 Å². The van der Waals surface area contributed by atoms with Crippen molar-refractivity contribution in [3.8, 4) is 11.8 Å². The highest BCUT2D eigenvalue weighted by molar-refractivity contribution is 5.89. The third-order valence-electron chi connectivity index (χ3n) is 4.00. The van der Waals surface area contributed by atoms with Gasteiger partial charge in [0.15, 0.2) is 0 Å². The van der Waals surface area contributed by atoms with Crippen LogP contribution in [0.3, 0.4) is 0 Å². The molecule has 1 aliphatic heterocycles. The van der Waals surface area contributed by atoms with Gasteiger partial charge in [0.1, 0.15) is 17.2 Å². The molecule has 3 rings (SSSR count). The van der Waals surface area contributed by atoms with Crippen LogP contribution in [0.15, 0.2) is 48.0 Å². The van der Waals surface area contributed by atoms with Gasteiger partial charge in [0.2, 0.25) is 0 Å². The van der Waals surface area contributed by atoms with Crippen molar-refractivity contribution in [2.45, 2.75) is 26.9 Å². The molecule has 1 aliphatic rings. The molecule has 0 unspecified atom stereocenters. The van der Waals surface area contributed by atoms with Gasteiger partial charge in [0, 0.05) is 29.9 Å². The Bertz CT molecular complexity index is 830. The summed E-state index contributed by atoms with van der Waals surface area (Å²) >= 11 is 0. The van der Waals surface area contributed by atoms with Crippen LogP contribution in [0, 0.1) is 17.1 Å². The highest BCUT2D eigenvalue weighted by Crippen LogP contribution is 2.44. The minimum atomic E-state index is -0.752. The van der Waals surface area contributed by atoms with Crippen molar-refractivity contribution in [3.63, 3.8) is 0 Å². The van der Waals surface area contributed by atoms with Crippen molar-refractivity contribution in [1.82, 2.24) is 0 Å². The minimum absolute atomic E-state index is 0. The SMILES string of the molecule is C.CNc1ccc2c(c1)OC(C)(C)C(C#N)=C2c1ccc(F)cc1. The van der Waals surface area contributed by atoms with Gasteiger partial charge in [-0.2, -0.15) is 5.26 Å². The smallest absolute Gasteiger partial charge is 0.139 e. The van der Waals surface area contributed by atoms with Crippen LogP contribution in [-0.2, 0) is 0 Å². The van der Waals surface area contributed by atoms with Crippen LogP contribution in [0.4, 0.5) is 10.1 Å². The van der Waals surface area contributed by atoms with Gasteiger partial charge in [0.05, 0.1) is 11.6 Å². The van der Waals surface area contributed by atoms with E-state index in [0.29, 0.717) is 11.3 Å². The van der Waals surface area contributed by atoms with Crippen molar-refractivity contribution in [2.75, 3.05) is 12.4 Å². The maximum absolute atomic E-state index is 13.3. The molecule has 3 nitrogen and oxygen atoms in total. The summed E-state index contributed by atoms with van der Waals surface area (Å²) in [6, 6.07) is 14.2. The molecular weight excluding hydrogens is 303 g/mol. The average molecular weight is 324 g/mol. The van der Waals surface area contributed by atoms with Crippen molar-refractivity contribution < 1.29 is 9.13 Å². The molecule has 0 bridgehead atoms. The summed E-state index contributed by atoms with van der Waals surface area (Å²) in [5, 5.41) is 12.7. The first-order chi connectivity index (χ1) is 11.0. The quantitative estimate of drug-likeness (QED) is 0.845. The lowest BCUT2D eigenvalue weighted by atomic mass is 9.83. The normalized spacial score (nSPS) is 14.8. The van der Waals surface area contributed by atoms with E-state index >= 15 is 0 Å². The van der Waals surface area contributed by atoms with Crippen LogP contribution in [0.25, 0.3) is 5.57 Å². The average Bonchev–Trinajstić information content (AvgIpc) is 2.53. The number of nitrogens with zero attached hydrogens (tertiary/aromatic N) is 1. The van der Waals surface area contributed by atoms with E-state index in [4.69, 9.17) is 4.74 Å². The van der Waals surface area contributed by atoms with E-state index in [0.717, 1.165) is 22.4 Å². The van der Waals surface area contributed by atoms with Crippen molar-refractivity contribution in [2.24, 2.45) is 0 Å². The van der Waals surface area contributed by atoms with E-state index in [1.807, 2.05) is 39.1 Å². The monoisotopic (exact) mass is 324 g/mol. The van der Waals surface area contributed by atoms with Gasteiger partial charge in [-0.25, -0.2) is 4.39 Å². The Labute approximate surface area is 142 Å². The maximum Gasteiger partial charge on any atom is 0.139 e. The Hall–Kier alpha value is -2.80. The highest BCUT2D eigenvalue weighted by atomic mass is 19.1. The van der Waals surface area contributed by atoms with Crippen molar-refractivity contribution >= 4 is 11.3 Å². The molecule has 0 aromatic heterocycles. The van der Waals surface area contributed by atoms with E-state index in [9.17, 15) is 9.65 Å². The Morgan fingerprint density at radius 1 is 1.12 bits per heavy atom. The number of anilines is 1. The predicted octanol–water partition coefficient (Wildman–Crippen LogP) is 5.00. The second-order valence-electron chi connectivity index (χ2n) is 5.94. The van der Waals surface area contributed by atoms with Gasteiger partial charge in [-0.05, 0) is 43.7 Å². The van der Waals surface area contributed by atoms with Gasteiger partial charge in [-0.3, -0.25) is 0 Å². The number of hydrogen-bond donors (Lipinski definition) is 1. The van der Waals surface area contributed by atoms with E-state index in [1.54, 1.807) is 12.1 Å². The van der Waals surface area contributed by atoms with Crippen LogP contribution in [-0.4, -0.2) is 12.6 Å². The molecule has 1 N–H and O–H groups in total. The minimum Gasteiger partial charge on any atom is -0.482 e. The molecule has 0 saturated carbocycles. The molecule has 0 atom stereocenters. The van der Waals surface area contributed by atoms with Gasteiger partial charge >= 0.3 is 0 Å². The number of nitriles is 1. The molecule has 124 valence electrons. The molecule has 0 radical (unpaired) electrons. The summed E-state index contributed by atoms with van der Waals surface area (Å²) in [5.41, 5.74) is 3.15. The number of benzene rings is 2. The largest absolute Gasteiger partial charge is 0.482 e. The van der Waals surface area contributed by atoms with Crippen LogP contribution in [0.2, 0.25) is 0 Å². The molecule has 0 amide bonds. The number of halogens is 1. The summed E-state index contributed by atoms with van der Waals surface area (Å²) in [6.07, 6.45) is 0. The zero-order valence-corrected chi connectivity index (χ0v) is 13.3. The van der Waals surface area contributed by atoms with E-state index in [1.165, 1.54) is 12.1 Å². The Balaban J connectivity index is 0.00000208. The van der Waals surface area contributed by atoms with Crippen LogP contribution >= 0.6 is 0 Å². The summed E-state index contributed by atoms with van der Waals surface area (Å²) in [7, 11) is 1.84. The summed E-state index contributed by atoms with van der Waals surface area (Å²) < 4.78 is 19.3. The molecule has 4 heteroatoms. The van der Waals surface area contributed by atoms with Gasteiger partial charge < -0.3 is 10.1 Å². The lowest BCUT2D eigenvalue weighted by molar-refractivity contribution is 0.149. The predicted molar refractivity (Wildman–Crippen MR) is 95.5 cm³/mol. The summed E-state index contributed by atoms with van der Waals surface area (Å²) in [5.74, 6) is 0.408. The van der Waals surface area contributed by atoms with Crippen molar-refractivity contribution in [3.05, 3.63) is 65.0 Å². The summed E-state index contributed by atoms with van der Waals surface area (Å²) in [4.78, 5) is 0. The maximum atomic E-state index is 13.3. The molecular formula is C20H21FN2O. The Kier molecular flexibility index (Phi) is 4.66. The summed E-state index contributed by atoms with van der Waals surface area (Å²) in [6.45, 7) is 3.73. The number of rotatable bonds is 2. The Morgan fingerprint density at radius 3 is 2.38 bits per heavy atom. The fourth-order valence-corrected chi connectivity index (χ4v) is 2.84. The molecule has 0 aliphatic carbocycles. The number of ether oxygens (including phenoxy) is 1. The third-order valence-corrected chi connectivity index (χ3v) is 4.00. The van der Waals surface area contributed by atoms with E-state index in [2.05, 4.69) is 11.4 Å². The molecule has 2 aromatic rings. The van der Waals surface area contributed by atoms with Crippen LogP contribution in [0.1, 0.15) is 32.4 Å². The zero-order chi connectivity index (χ0) is 16.6. The van der Waals surface area contributed by atoms with Crippen molar-refractivity contribution in [1.29, 1.82) is 5.26 Å². The zero-order valence-electron chi connectivity index (χ0n) is 13.3. The standard InChI is InChI=1S/C19H17FN2O.CH4/c1-19(2)16(11-21)18(12-4-6-13(20)7-5-12)15-9-8-14(22-3)10-17(15)23-19;/h4-10,22H,1-3H3;1H4. The molecule has 2 aromatic carbocycles. The molecule has 0 fully saturated rings. The second kappa shape index (κ2) is 6.37. The fourth-order valence-electron chi connectivity index (χ4n) is 2.84.